The first-order valence-electron chi connectivity index (χ1n) is 6.40. The maximum Gasteiger partial charge on any atom is 0.234 e. The molecule has 6 heteroatoms. The van der Waals surface area contributed by atoms with E-state index in [0.29, 0.717) is 24.6 Å². The third kappa shape index (κ3) is 5.94. The lowest BCUT2D eigenvalue weighted by molar-refractivity contribution is 0.342. The molecule has 0 radical (unpaired) electrons. The van der Waals surface area contributed by atoms with E-state index in [-0.39, 0.29) is 11.8 Å². The van der Waals surface area contributed by atoms with E-state index in [0.717, 1.165) is 0 Å². The van der Waals surface area contributed by atoms with Crippen molar-refractivity contribution in [3.8, 4) is 5.75 Å². The van der Waals surface area contributed by atoms with Crippen LogP contribution in [0.25, 0.3) is 0 Å². The maximum atomic E-state index is 11.9. The van der Waals surface area contributed by atoms with Gasteiger partial charge in [0, 0.05) is 12.6 Å². The third-order valence-corrected chi connectivity index (χ3v) is 3.65. The molecule has 2 N–H and O–H groups in total. The molecule has 0 heterocycles. The van der Waals surface area contributed by atoms with Gasteiger partial charge in [-0.15, -0.1) is 0 Å². The van der Waals surface area contributed by atoms with Crippen LogP contribution in [-0.4, -0.2) is 33.4 Å². The lowest BCUT2D eigenvalue weighted by Gasteiger charge is -2.13. The maximum absolute atomic E-state index is 11.9. The number of nitrogens with one attached hydrogen (secondary N) is 2. The predicted octanol–water partition coefficient (Wildman–Crippen LogP) is 1.82. The Morgan fingerprint density at radius 1 is 1.26 bits per heavy atom. The molecule has 0 saturated carbocycles. The van der Waals surface area contributed by atoms with Crippen LogP contribution < -0.4 is 14.8 Å². The number of hydrogen-bond donors (Lipinski definition) is 2. The Hall–Kier alpha value is -1.27. The standard InChI is InChI=1S/C13H22N2O3S/c1-4-18-13-8-6-5-7-12(13)15-19(16,17)10-9-14-11(2)3/h5-8,11,14-15H,4,9-10H2,1-3H3. The van der Waals surface area contributed by atoms with E-state index in [4.69, 9.17) is 4.74 Å². The van der Waals surface area contributed by atoms with Crippen LogP contribution in [0.15, 0.2) is 24.3 Å². The second-order valence-electron chi connectivity index (χ2n) is 4.46. The third-order valence-electron chi connectivity index (χ3n) is 2.38. The fourth-order valence-corrected chi connectivity index (χ4v) is 2.53. The van der Waals surface area contributed by atoms with E-state index >= 15 is 0 Å². The summed E-state index contributed by atoms with van der Waals surface area (Å²) in [6, 6.07) is 7.29. The first kappa shape index (κ1) is 15.8. The highest BCUT2D eigenvalue weighted by Crippen LogP contribution is 2.24. The molecule has 0 saturated heterocycles. The molecule has 0 aliphatic rings. The Morgan fingerprint density at radius 2 is 1.95 bits per heavy atom. The molecule has 1 aromatic rings. The summed E-state index contributed by atoms with van der Waals surface area (Å²) in [5.74, 6) is 0.580. The number of ether oxygens (including phenoxy) is 1. The number of sulfonamides is 1. The topological polar surface area (TPSA) is 67.4 Å². The molecule has 0 aromatic heterocycles. The minimum absolute atomic E-state index is 0.0334. The number of anilines is 1. The van der Waals surface area contributed by atoms with Gasteiger partial charge in [0.15, 0.2) is 0 Å². The Balaban J connectivity index is 2.67. The number of para-hydroxylation sites is 2. The summed E-state index contributed by atoms with van der Waals surface area (Å²) in [5, 5.41) is 3.08. The van der Waals surface area contributed by atoms with Gasteiger partial charge in [0.25, 0.3) is 0 Å². The second kappa shape index (κ2) is 7.35. The SMILES string of the molecule is CCOc1ccccc1NS(=O)(=O)CCNC(C)C. The highest BCUT2D eigenvalue weighted by Gasteiger charge is 2.13. The van der Waals surface area contributed by atoms with E-state index in [1.165, 1.54) is 0 Å². The fourth-order valence-electron chi connectivity index (χ4n) is 1.53. The number of rotatable bonds is 8. The van der Waals surface area contributed by atoms with Crippen LogP contribution in [-0.2, 0) is 10.0 Å². The van der Waals surface area contributed by atoms with Gasteiger partial charge >= 0.3 is 0 Å². The van der Waals surface area contributed by atoms with Gasteiger partial charge in [-0.1, -0.05) is 26.0 Å². The van der Waals surface area contributed by atoms with Crippen molar-refractivity contribution in [3.05, 3.63) is 24.3 Å². The summed E-state index contributed by atoms with van der Waals surface area (Å²) >= 11 is 0. The Morgan fingerprint density at radius 3 is 2.58 bits per heavy atom. The first-order valence-corrected chi connectivity index (χ1v) is 8.05. The molecule has 108 valence electrons. The van der Waals surface area contributed by atoms with Crippen LogP contribution in [0.3, 0.4) is 0 Å². The lowest BCUT2D eigenvalue weighted by Crippen LogP contribution is -2.31. The molecule has 0 bridgehead atoms. The zero-order valence-corrected chi connectivity index (χ0v) is 12.5. The molecule has 0 unspecified atom stereocenters. The molecule has 5 nitrogen and oxygen atoms in total. The molecule has 19 heavy (non-hydrogen) atoms. The van der Waals surface area contributed by atoms with Crippen LogP contribution >= 0.6 is 0 Å². The van der Waals surface area contributed by atoms with Crippen molar-refractivity contribution < 1.29 is 13.2 Å². The van der Waals surface area contributed by atoms with Gasteiger partial charge in [0.2, 0.25) is 10.0 Å². The molecule has 1 rings (SSSR count). The van der Waals surface area contributed by atoms with Gasteiger partial charge in [-0.25, -0.2) is 8.42 Å². The smallest absolute Gasteiger partial charge is 0.234 e. The van der Waals surface area contributed by atoms with Crippen LogP contribution in [0.2, 0.25) is 0 Å². The van der Waals surface area contributed by atoms with Gasteiger partial charge in [0.05, 0.1) is 18.0 Å². The molecular formula is C13H22N2O3S. The summed E-state index contributed by atoms with van der Waals surface area (Å²) < 4.78 is 31.8. The summed E-state index contributed by atoms with van der Waals surface area (Å²) in [7, 11) is -3.36. The zero-order valence-electron chi connectivity index (χ0n) is 11.6. The quantitative estimate of drug-likeness (QED) is 0.765. The highest BCUT2D eigenvalue weighted by molar-refractivity contribution is 7.92. The van der Waals surface area contributed by atoms with E-state index < -0.39 is 10.0 Å². The van der Waals surface area contributed by atoms with Crippen molar-refractivity contribution in [2.45, 2.75) is 26.8 Å². The minimum Gasteiger partial charge on any atom is -0.492 e. The van der Waals surface area contributed by atoms with Gasteiger partial charge in [-0.05, 0) is 19.1 Å². The number of hydrogen-bond acceptors (Lipinski definition) is 4. The Kier molecular flexibility index (Phi) is 6.11. The van der Waals surface area contributed by atoms with Crippen molar-refractivity contribution in [3.63, 3.8) is 0 Å². The van der Waals surface area contributed by atoms with Crippen molar-refractivity contribution in [2.75, 3.05) is 23.6 Å². The highest BCUT2D eigenvalue weighted by atomic mass is 32.2. The van der Waals surface area contributed by atoms with E-state index in [1.807, 2.05) is 26.8 Å². The zero-order chi connectivity index (χ0) is 14.3. The van der Waals surface area contributed by atoms with Gasteiger partial charge < -0.3 is 10.1 Å². The Bertz CT molecular complexity index is 486. The monoisotopic (exact) mass is 286 g/mol. The lowest BCUT2D eigenvalue weighted by atomic mass is 10.3. The first-order chi connectivity index (χ1) is 8.94. The van der Waals surface area contributed by atoms with Gasteiger partial charge in [-0.3, -0.25) is 4.72 Å². The van der Waals surface area contributed by atoms with Crippen molar-refractivity contribution in [1.29, 1.82) is 0 Å². The van der Waals surface area contributed by atoms with E-state index in [1.54, 1.807) is 18.2 Å². The van der Waals surface area contributed by atoms with Crippen molar-refractivity contribution in [1.82, 2.24) is 5.32 Å². The molecule has 0 aliphatic heterocycles. The molecule has 0 spiro atoms. The van der Waals surface area contributed by atoms with Crippen molar-refractivity contribution >= 4 is 15.7 Å². The predicted molar refractivity (Wildman–Crippen MR) is 78.2 cm³/mol. The molecule has 0 aliphatic carbocycles. The summed E-state index contributed by atoms with van der Waals surface area (Å²) in [6.45, 7) is 6.73. The average molecular weight is 286 g/mol. The van der Waals surface area contributed by atoms with Crippen LogP contribution in [0.1, 0.15) is 20.8 Å². The Labute approximate surface area is 115 Å². The van der Waals surface area contributed by atoms with Crippen LogP contribution in [0.4, 0.5) is 5.69 Å². The van der Waals surface area contributed by atoms with Crippen LogP contribution in [0.5, 0.6) is 5.75 Å². The van der Waals surface area contributed by atoms with Gasteiger partial charge in [-0.2, -0.15) is 0 Å². The second-order valence-corrected chi connectivity index (χ2v) is 6.30. The largest absolute Gasteiger partial charge is 0.492 e. The summed E-state index contributed by atoms with van der Waals surface area (Å²) in [4.78, 5) is 0. The molecule has 0 fully saturated rings. The van der Waals surface area contributed by atoms with Crippen LogP contribution in [0, 0.1) is 0 Å². The molecule has 0 amide bonds. The van der Waals surface area contributed by atoms with Crippen molar-refractivity contribution in [2.24, 2.45) is 0 Å². The van der Waals surface area contributed by atoms with E-state index in [9.17, 15) is 8.42 Å². The molecular weight excluding hydrogens is 264 g/mol. The number of benzene rings is 1. The normalized spacial score (nSPS) is 11.6. The minimum atomic E-state index is -3.36. The fraction of sp³-hybridized carbons (Fsp3) is 0.538. The van der Waals surface area contributed by atoms with E-state index in [2.05, 4.69) is 10.0 Å². The molecule has 1 aromatic carbocycles. The summed E-state index contributed by atoms with van der Waals surface area (Å²) in [5.41, 5.74) is 0.480. The summed E-state index contributed by atoms with van der Waals surface area (Å²) in [6.07, 6.45) is 0. The van der Waals surface area contributed by atoms with Gasteiger partial charge in [0.1, 0.15) is 5.75 Å². The average Bonchev–Trinajstić information content (AvgIpc) is 2.31. The molecule has 0 atom stereocenters.